The minimum absolute atomic E-state index is 0.0738. The highest BCUT2D eigenvalue weighted by atomic mass is 16.4. The van der Waals surface area contributed by atoms with E-state index in [1.807, 2.05) is 37.3 Å². The SMILES string of the molecule is C=C(C(=O)O)[C@@H]1NCCN(c2ccccc2)[C@H]1C. The summed E-state index contributed by atoms with van der Waals surface area (Å²) in [6.45, 7) is 7.32. The van der Waals surface area contributed by atoms with Crippen molar-refractivity contribution in [2.75, 3.05) is 18.0 Å². The number of nitrogens with zero attached hydrogens (tertiary/aromatic N) is 1. The zero-order valence-electron chi connectivity index (χ0n) is 10.5. The van der Waals surface area contributed by atoms with E-state index >= 15 is 0 Å². The number of rotatable bonds is 3. The topological polar surface area (TPSA) is 52.6 Å². The Bertz CT molecular complexity index is 444. The van der Waals surface area contributed by atoms with Crippen LogP contribution in [0.25, 0.3) is 0 Å². The summed E-state index contributed by atoms with van der Waals surface area (Å²) in [6, 6.07) is 9.91. The van der Waals surface area contributed by atoms with Crippen LogP contribution >= 0.6 is 0 Å². The molecule has 0 spiro atoms. The van der Waals surface area contributed by atoms with Crippen LogP contribution in [0.15, 0.2) is 42.5 Å². The van der Waals surface area contributed by atoms with Crippen molar-refractivity contribution in [3.63, 3.8) is 0 Å². The molecule has 0 amide bonds. The Kier molecular flexibility index (Phi) is 3.67. The van der Waals surface area contributed by atoms with Crippen LogP contribution in [0.3, 0.4) is 0 Å². The van der Waals surface area contributed by atoms with Crippen molar-refractivity contribution < 1.29 is 9.90 Å². The summed E-state index contributed by atoms with van der Waals surface area (Å²) >= 11 is 0. The molecule has 1 aromatic carbocycles. The monoisotopic (exact) mass is 246 g/mol. The van der Waals surface area contributed by atoms with E-state index in [0.717, 1.165) is 18.8 Å². The van der Waals surface area contributed by atoms with Gasteiger partial charge in [0.15, 0.2) is 0 Å². The van der Waals surface area contributed by atoms with E-state index in [-0.39, 0.29) is 17.7 Å². The second kappa shape index (κ2) is 5.23. The summed E-state index contributed by atoms with van der Waals surface area (Å²) < 4.78 is 0. The minimum atomic E-state index is -0.936. The molecular weight excluding hydrogens is 228 g/mol. The maximum atomic E-state index is 11.0. The third-order valence-corrected chi connectivity index (χ3v) is 3.43. The Morgan fingerprint density at radius 2 is 2.11 bits per heavy atom. The number of hydrogen-bond acceptors (Lipinski definition) is 3. The van der Waals surface area contributed by atoms with E-state index < -0.39 is 5.97 Å². The number of piperazine rings is 1. The fourth-order valence-electron chi connectivity index (χ4n) is 2.43. The lowest BCUT2D eigenvalue weighted by Crippen LogP contribution is -2.58. The maximum Gasteiger partial charge on any atom is 0.332 e. The number of hydrogen-bond donors (Lipinski definition) is 2. The van der Waals surface area contributed by atoms with Crippen molar-refractivity contribution >= 4 is 11.7 Å². The zero-order valence-corrected chi connectivity index (χ0v) is 10.5. The van der Waals surface area contributed by atoms with Crippen LogP contribution < -0.4 is 10.2 Å². The van der Waals surface area contributed by atoms with Crippen LogP contribution in [-0.4, -0.2) is 36.2 Å². The van der Waals surface area contributed by atoms with Gasteiger partial charge in [-0.3, -0.25) is 0 Å². The van der Waals surface area contributed by atoms with E-state index in [1.165, 1.54) is 0 Å². The predicted octanol–water partition coefficient (Wildman–Crippen LogP) is 1.49. The van der Waals surface area contributed by atoms with Crippen molar-refractivity contribution in [2.45, 2.75) is 19.0 Å². The zero-order chi connectivity index (χ0) is 13.1. The van der Waals surface area contributed by atoms with E-state index in [2.05, 4.69) is 16.8 Å². The molecule has 1 aromatic rings. The van der Waals surface area contributed by atoms with Gasteiger partial charge in [0.25, 0.3) is 0 Å². The Labute approximate surface area is 107 Å². The molecule has 0 radical (unpaired) electrons. The molecule has 0 unspecified atom stereocenters. The first kappa shape index (κ1) is 12.6. The van der Waals surface area contributed by atoms with Crippen molar-refractivity contribution in [1.82, 2.24) is 5.32 Å². The van der Waals surface area contributed by atoms with Gasteiger partial charge in [0.1, 0.15) is 0 Å². The number of anilines is 1. The van der Waals surface area contributed by atoms with Crippen molar-refractivity contribution in [1.29, 1.82) is 0 Å². The Hall–Kier alpha value is -1.81. The van der Waals surface area contributed by atoms with Gasteiger partial charge in [0.05, 0.1) is 6.04 Å². The molecule has 0 aromatic heterocycles. The molecule has 2 atom stereocenters. The number of carbonyl (C=O) groups is 1. The maximum absolute atomic E-state index is 11.0. The molecule has 0 saturated carbocycles. The van der Waals surface area contributed by atoms with Gasteiger partial charge in [-0.1, -0.05) is 24.8 Å². The van der Waals surface area contributed by atoms with Crippen molar-refractivity contribution in [3.05, 3.63) is 42.5 Å². The van der Waals surface area contributed by atoms with E-state index in [0.29, 0.717) is 0 Å². The van der Waals surface area contributed by atoms with E-state index in [1.54, 1.807) is 0 Å². The van der Waals surface area contributed by atoms with Crippen LogP contribution in [0.5, 0.6) is 0 Å². The summed E-state index contributed by atoms with van der Waals surface area (Å²) in [5, 5.41) is 12.3. The Balaban J connectivity index is 2.19. The highest BCUT2D eigenvalue weighted by Gasteiger charge is 2.31. The fourth-order valence-corrected chi connectivity index (χ4v) is 2.43. The second-order valence-electron chi connectivity index (χ2n) is 4.53. The van der Waals surface area contributed by atoms with Crippen molar-refractivity contribution in [3.8, 4) is 0 Å². The summed E-state index contributed by atoms with van der Waals surface area (Å²) in [7, 11) is 0. The molecule has 18 heavy (non-hydrogen) atoms. The van der Waals surface area contributed by atoms with Gasteiger partial charge in [-0.05, 0) is 19.1 Å². The van der Waals surface area contributed by atoms with Crippen LogP contribution in [-0.2, 0) is 4.79 Å². The summed E-state index contributed by atoms with van der Waals surface area (Å²) in [5.74, 6) is -0.936. The molecule has 1 heterocycles. The molecule has 2 N–H and O–H groups in total. The van der Waals surface area contributed by atoms with Gasteiger partial charge in [-0.2, -0.15) is 0 Å². The fraction of sp³-hybridized carbons (Fsp3) is 0.357. The van der Waals surface area contributed by atoms with Crippen LogP contribution in [0.2, 0.25) is 0 Å². The smallest absolute Gasteiger partial charge is 0.332 e. The number of benzene rings is 1. The molecule has 2 rings (SSSR count). The first-order chi connectivity index (χ1) is 8.61. The highest BCUT2D eigenvalue weighted by Crippen LogP contribution is 2.22. The van der Waals surface area contributed by atoms with Gasteiger partial charge < -0.3 is 15.3 Å². The molecule has 96 valence electrons. The molecule has 1 aliphatic rings. The van der Waals surface area contributed by atoms with Crippen LogP contribution in [0.4, 0.5) is 5.69 Å². The molecule has 1 fully saturated rings. The van der Waals surface area contributed by atoms with Crippen LogP contribution in [0.1, 0.15) is 6.92 Å². The quantitative estimate of drug-likeness (QED) is 0.793. The number of nitrogens with one attached hydrogen (secondary N) is 1. The average Bonchev–Trinajstić information content (AvgIpc) is 2.39. The Morgan fingerprint density at radius 3 is 2.72 bits per heavy atom. The average molecular weight is 246 g/mol. The first-order valence-electron chi connectivity index (χ1n) is 6.08. The van der Waals surface area contributed by atoms with Gasteiger partial charge in [0.2, 0.25) is 0 Å². The standard InChI is InChI=1S/C14H18N2O2/c1-10(14(17)18)13-11(2)16(9-8-15-13)12-6-4-3-5-7-12/h3-7,11,13,15H,1,8-9H2,2H3,(H,17,18)/t11-,13-/m0/s1. The van der Waals surface area contributed by atoms with Gasteiger partial charge >= 0.3 is 5.97 Å². The summed E-state index contributed by atoms with van der Waals surface area (Å²) in [5.41, 5.74) is 1.35. The van der Waals surface area contributed by atoms with Gasteiger partial charge in [0, 0.05) is 30.4 Å². The molecule has 4 heteroatoms. The molecule has 1 saturated heterocycles. The van der Waals surface area contributed by atoms with Gasteiger partial charge in [-0.25, -0.2) is 4.79 Å². The first-order valence-corrected chi connectivity index (χ1v) is 6.08. The predicted molar refractivity (Wildman–Crippen MR) is 71.8 cm³/mol. The Morgan fingerprint density at radius 1 is 1.44 bits per heavy atom. The molecule has 0 bridgehead atoms. The normalized spacial score (nSPS) is 23.7. The second-order valence-corrected chi connectivity index (χ2v) is 4.53. The highest BCUT2D eigenvalue weighted by molar-refractivity contribution is 5.87. The molecule has 1 aliphatic heterocycles. The lowest BCUT2D eigenvalue weighted by atomic mass is 9.97. The van der Waals surface area contributed by atoms with E-state index in [4.69, 9.17) is 5.11 Å². The van der Waals surface area contributed by atoms with Gasteiger partial charge in [-0.15, -0.1) is 0 Å². The van der Waals surface area contributed by atoms with E-state index in [9.17, 15) is 4.79 Å². The lowest BCUT2D eigenvalue weighted by molar-refractivity contribution is -0.133. The third kappa shape index (κ3) is 2.38. The van der Waals surface area contributed by atoms with Crippen molar-refractivity contribution in [2.24, 2.45) is 0 Å². The molecule has 4 nitrogen and oxygen atoms in total. The largest absolute Gasteiger partial charge is 0.478 e. The number of carboxylic acid groups (broad SMARTS) is 1. The molecular formula is C14H18N2O2. The number of carboxylic acids is 1. The van der Waals surface area contributed by atoms with Crippen LogP contribution in [0, 0.1) is 0 Å². The molecule has 0 aliphatic carbocycles. The summed E-state index contributed by atoms with van der Waals surface area (Å²) in [4.78, 5) is 13.2. The lowest BCUT2D eigenvalue weighted by Gasteiger charge is -2.41. The minimum Gasteiger partial charge on any atom is -0.478 e. The number of aliphatic carboxylic acids is 1. The number of para-hydroxylation sites is 1. The third-order valence-electron chi connectivity index (χ3n) is 3.43. The summed E-state index contributed by atoms with van der Waals surface area (Å²) in [6.07, 6.45) is 0.